The summed E-state index contributed by atoms with van der Waals surface area (Å²) in [5.74, 6) is 0.0697. The lowest BCUT2D eigenvalue weighted by Crippen LogP contribution is -2.46. The van der Waals surface area contributed by atoms with Gasteiger partial charge in [-0.1, -0.05) is 0 Å². The number of anilines is 1. The quantitative estimate of drug-likeness (QED) is 0.833. The molecule has 1 aromatic rings. The zero-order valence-corrected chi connectivity index (χ0v) is 12.1. The van der Waals surface area contributed by atoms with Crippen LogP contribution in [0, 0.1) is 18.3 Å². The highest BCUT2D eigenvalue weighted by Gasteiger charge is 2.22. The Balaban J connectivity index is 2.07. The fourth-order valence-electron chi connectivity index (χ4n) is 2.22. The molecule has 2 heterocycles. The summed E-state index contributed by atoms with van der Waals surface area (Å²) < 4.78 is 0. The van der Waals surface area contributed by atoms with Gasteiger partial charge in [-0.3, -0.25) is 9.69 Å². The molecule has 0 unspecified atom stereocenters. The Hall–Kier alpha value is -1.42. The first kappa shape index (κ1) is 14.0. The summed E-state index contributed by atoms with van der Waals surface area (Å²) in [6.45, 7) is 6.01. The zero-order valence-electron chi connectivity index (χ0n) is 11.3. The van der Waals surface area contributed by atoms with E-state index in [4.69, 9.17) is 11.0 Å². The van der Waals surface area contributed by atoms with Crippen molar-refractivity contribution in [2.75, 3.05) is 45.5 Å². The number of Topliss-reactive ketones (excluding diaryl/α,β-unsaturated/α-hetero) is 1. The van der Waals surface area contributed by atoms with Crippen LogP contribution >= 0.6 is 11.3 Å². The number of nitrogens with zero attached hydrogens (tertiary/aromatic N) is 3. The second kappa shape index (κ2) is 5.70. The van der Waals surface area contributed by atoms with Crippen LogP contribution in [0.3, 0.4) is 0 Å². The molecule has 1 aliphatic heterocycles. The Labute approximate surface area is 117 Å². The lowest BCUT2D eigenvalue weighted by atomic mass is 10.1. The van der Waals surface area contributed by atoms with Crippen molar-refractivity contribution in [2.24, 2.45) is 0 Å². The van der Waals surface area contributed by atoms with Crippen molar-refractivity contribution in [3.63, 3.8) is 0 Å². The third-order valence-corrected chi connectivity index (χ3v) is 4.66. The first-order valence-corrected chi connectivity index (χ1v) is 7.07. The summed E-state index contributed by atoms with van der Waals surface area (Å²) in [6.07, 6.45) is 0. The maximum absolute atomic E-state index is 12.3. The minimum atomic E-state index is 0.0697. The number of hydrogen-bond acceptors (Lipinski definition) is 6. The molecule has 0 amide bonds. The molecular weight excluding hydrogens is 260 g/mol. The largest absolute Gasteiger partial charge is 0.389 e. The molecule has 5 nitrogen and oxygen atoms in total. The van der Waals surface area contributed by atoms with Gasteiger partial charge in [-0.25, -0.2) is 0 Å². The molecule has 2 N–H and O–H groups in total. The molecule has 0 aromatic carbocycles. The molecule has 19 heavy (non-hydrogen) atoms. The number of hydrogen-bond donors (Lipinski definition) is 1. The van der Waals surface area contributed by atoms with E-state index in [2.05, 4.69) is 22.9 Å². The van der Waals surface area contributed by atoms with Crippen molar-refractivity contribution in [2.45, 2.75) is 6.92 Å². The van der Waals surface area contributed by atoms with Crippen molar-refractivity contribution < 1.29 is 4.79 Å². The maximum Gasteiger partial charge on any atom is 0.187 e. The highest BCUT2D eigenvalue weighted by molar-refractivity contribution is 7.18. The van der Waals surface area contributed by atoms with E-state index in [1.54, 1.807) is 6.92 Å². The minimum Gasteiger partial charge on any atom is -0.389 e. The number of rotatable bonds is 3. The number of nitrogens with two attached hydrogens (primary N) is 1. The standard InChI is InChI=1S/C13H18N4OS/c1-9-10(7-14)13(15)19-12(9)11(18)8-17-5-3-16(2)4-6-17/h3-6,8,15H2,1-2H3. The van der Waals surface area contributed by atoms with Gasteiger partial charge in [-0.15, -0.1) is 11.3 Å². The number of carbonyl (C=O) groups excluding carboxylic acids is 1. The second-order valence-corrected chi connectivity index (χ2v) is 5.96. The Morgan fingerprint density at radius 2 is 2.05 bits per heavy atom. The lowest BCUT2D eigenvalue weighted by Gasteiger charge is -2.31. The average Bonchev–Trinajstić information content (AvgIpc) is 2.67. The number of piperazine rings is 1. The van der Waals surface area contributed by atoms with Crippen LogP contribution in [0.4, 0.5) is 5.00 Å². The monoisotopic (exact) mass is 278 g/mol. The van der Waals surface area contributed by atoms with Gasteiger partial charge >= 0.3 is 0 Å². The van der Waals surface area contributed by atoms with Crippen molar-refractivity contribution >= 4 is 22.1 Å². The number of carbonyl (C=O) groups is 1. The van der Waals surface area contributed by atoms with Crippen LogP contribution in [-0.4, -0.2) is 55.4 Å². The van der Waals surface area contributed by atoms with Crippen LogP contribution in [0.2, 0.25) is 0 Å². The molecule has 0 radical (unpaired) electrons. The summed E-state index contributed by atoms with van der Waals surface area (Å²) in [5.41, 5.74) is 6.94. The van der Waals surface area contributed by atoms with Crippen molar-refractivity contribution in [3.05, 3.63) is 16.0 Å². The molecule has 1 aromatic heterocycles. The van der Waals surface area contributed by atoms with Crippen LogP contribution in [0.5, 0.6) is 0 Å². The van der Waals surface area contributed by atoms with Gasteiger partial charge in [0.25, 0.3) is 0 Å². The second-order valence-electron chi connectivity index (χ2n) is 4.91. The highest BCUT2D eigenvalue weighted by atomic mass is 32.1. The summed E-state index contributed by atoms with van der Waals surface area (Å²) in [7, 11) is 2.09. The van der Waals surface area contributed by atoms with Crippen LogP contribution < -0.4 is 5.73 Å². The molecule has 2 rings (SSSR count). The Bertz CT molecular complexity index is 523. The third-order valence-electron chi connectivity index (χ3n) is 3.50. The third kappa shape index (κ3) is 2.95. The van der Waals surface area contributed by atoms with Gasteiger partial charge in [0.1, 0.15) is 11.1 Å². The van der Waals surface area contributed by atoms with Crippen molar-refractivity contribution in [3.8, 4) is 6.07 Å². The highest BCUT2D eigenvalue weighted by Crippen LogP contribution is 2.30. The number of thiophene rings is 1. The lowest BCUT2D eigenvalue weighted by molar-refractivity contribution is 0.0880. The first-order chi connectivity index (χ1) is 9.02. The van der Waals surface area contributed by atoms with E-state index in [9.17, 15) is 4.79 Å². The van der Waals surface area contributed by atoms with Gasteiger partial charge in [-0.2, -0.15) is 5.26 Å². The maximum atomic E-state index is 12.3. The van der Waals surface area contributed by atoms with Gasteiger partial charge in [0.05, 0.1) is 17.0 Å². The summed E-state index contributed by atoms with van der Waals surface area (Å²) in [6, 6.07) is 2.06. The topological polar surface area (TPSA) is 73.4 Å². The van der Waals surface area contributed by atoms with Gasteiger partial charge < -0.3 is 10.6 Å². The summed E-state index contributed by atoms with van der Waals surface area (Å²) >= 11 is 1.23. The van der Waals surface area contributed by atoms with Gasteiger partial charge in [-0.05, 0) is 19.5 Å². The van der Waals surface area contributed by atoms with E-state index in [0.717, 1.165) is 31.7 Å². The molecule has 0 saturated carbocycles. The molecule has 0 bridgehead atoms. The SMILES string of the molecule is Cc1c(C(=O)CN2CCN(C)CC2)sc(N)c1C#N. The van der Waals surface area contributed by atoms with E-state index in [-0.39, 0.29) is 5.78 Å². The van der Waals surface area contributed by atoms with E-state index in [0.29, 0.717) is 22.0 Å². The number of likely N-dealkylation sites (N-methyl/N-ethyl adjacent to an activating group) is 1. The zero-order chi connectivity index (χ0) is 14.0. The molecule has 1 saturated heterocycles. The van der Waals surface area contributed by atoms with Crippen LogP contribution in [0.1, 0.15) is 20.8 Å². The summed E-state index contributed by atoms with van der Waals surface area (Å²) in [5, 5.41) is 9.44. The van der Waals surface area contributed by atoms with E-state index in [1.807, 2.05) is 0 Å². The molecule has 1 aliphatic rings. The minimum absolute atomic E-state index is 0.0697. The molecular formula is C13H18N4OS. The van der Waals surface area contributed by atoms with Gasteiger partial charge in [0.15, 0.2) is 5.78 Å². The molecule has 102 valence electrons. The first-order valence-electron chi connectivity index (χ1n) is 6.26. The van der Waals surface area contributed by atoms with Crippen LogP contribution in [0.25, 0.3) is 0 Å². The van der Waals surface area contributed by atoms with Crippen LogP contribution in [-0.2, 0) is 0 Å². The average molecular weight is 278 g/mol. The number of nitriles is 1. The van der Waals surface area contributed by atoms with Crippen molar-refractivity contribution in [1.82, 2.24) is 9.80 Å². The molecule has 0 spiro atoms. The molecule has 1 fully saturated rings. The number of nitrogen functional groups attached to an aromatic ring is 1. The van der Waals surface area contributed by atoms with E-state index < -0.39 is 0 Å². The van der Waals surface area contributed by atoms with Crippen LogP contribution in [0.15, 0.2) is 0 Å². The van der Waals surface area contributed by atoms with Crippen molar-refractivity contribution in [1.29, 1.82) is 5.26 Å². The fourth-order valence-corrected chi connectivity index (χ4v) is 3.18. The Morgan fingerprint density at radius 1 is 1.42 bits per heavy atom. The smallest absolute Gasteiger partial charge is 0.187 e. The fraction of sp³-hybridized carbons (Fsp3) is 0.538. The predicted octanol–water partition coefficient (Wildman–Crippen LogP) is 0.940. The normalized spacial score (nSPS) is 17.3. The Kier molecular flexibility index (Phi) is 4.20. The van der Waals surface area contributed by atoms with Gasteiger partial charge in [0.2, 0.25) is 0 Å². The number of ketones is 1. The van der Waals surface area contributed by atoms with E-state index in [1.165, 1.54) is 11.3 Å². The van der Waals surface area contributed by atoms with E-state index >= 15 is 0 Å². The Morgan fingerprint density at radius 3 is 2.58 bits per heavy atom. The predicted molar refractivity (Wildman–Crippen MR) is 76.5 cm³/mol. The molecule has 0 aliphatic carbocycles. The molecule has 0 atom stereocenters. The summed E-state index contributed by atoms with van der Waals surface area (Å²) in [4.78, 5) is 17.3. The van der Waals surface area contributed by atoms with Gasteiger partial charge in [0, 0.05) is 26.2 Å². The molecule has 6 heteroatoms.